The van der Waals surface area contributed by atoms with Gasteiger partial charge in [0.25, 0.3) is 5.91 Å². The summed E-state index contributed by atoms with van der Waals surface area (Å²) in [7, 11) is 0. The Balaban J connectivity index is 1.64. The summed E-state index contributed by atoms with van der Waals surface area (Å²) in [6.07, 6.45) is 1.53. The van der Waals surface area contributed by atoms with E-state index in [2.05, 4.69) is 5.32 Å². The van der Waals surface area contributed by atoms with Crippen LogP contribution in [0.25, 0.3) is 16.8 Å². The van der Waals surface area contributed by atoms with Crippen LogP contribution in [-0.2, 0) is 11.4 Å². The first-order chi connectivity index (χ1) is 17.1. The van der Waals surface area contributed by atoms with E-state index in [4.69, 9.17) is 9.47 Å². The molecule has 0 bridgehead atoms. The third-order valence-electron chi connectivity index (χ3n) is 5.32. The molecule has 0 aliphatic heterocycles. The predicted octanol–water partition coefficient (Wildman–Crippen LogP) is 6.50. The van der Waals surface area contributed by atoms with Crippen LogP contribution in [0, 0.1) is 17.1 Å². The number of amides is 1. The second kappa shape index (κ2) is 11.0. The van der Waals surface area contributed by atoms with Crippen LogP contribution >= 0.6 is 0 Å². The van der Waals surface area contributed by atoms with Gasteiger partial charge < -0.3 is 14.8 Å². The summed E-state index contributed by atoms with van der Waals surface area (Å²) in [5.74, 6) is 0.351. The Labute approximate surface area is 203 Å². The number of ether oxygens (including phenoxy) is 2. The maximum absolute atomic E-state index is 13.2. The predicted molar refractivity (Wildman–Crippen MR) is 135 cm³/mol. The summed E-state index contributed by atoms with van der Waals surface area (Å²) >= 11 is 0. The highest BCUT2D eigenvalue weighted by molar-refractivity contribution is 6.11. The van der Waals surface area contributed by atoms with E-state index in [-0.39, 0.29) is 18.0 Å². The summed E-state index contributed by atoms with van der Waals surface area (Å²) < 4.78 is 24.7. The number of nitriles is 1. The molecule has 0 heterocycles. The van der Waals surface area contributed by atoms with Crippen LogP contribution in [0.5, 0.6) is 11.5 Å². The van der Waals surface area contributed by atoms with E-state index >= 15 is 0 Å². The zero-order valence-electron chi connectivity index (χ0n) is 19.1. The van der Waals surface area contributed by atoms with Gasteiger partial charge in [0.15, 0.2) is 0 Å². The van der Waals surface area contributed by atoms with Crippen molar-refractivity contribution in [1.29, 1.82) is 5.26 Å². The normalized spacial score (nSPS) is 11.1. The first-order valence-electron chi connectivity index (χ1n) is 11.1. The van der Waals surface area contributed by atoms with Gasteiger partial charge in [0.05, 0.1) is 6.61 Å². The molecule has 0 aliphatic carbocycles. The molecule has 0 saturated carbocycles. The topological polar surface area (TPSA) is 71.3 Å². The molecule has 0 saturated heterocycles. The van der Waals surface area contributed by atoms with Crippen molar-refractivity contribution in [3.63, 3.8) is 0 Å². The summed E-state index contributed by atoms with van der Waals surface area (Å²) in [6.45, 7) is 2.65. The smallest absolute Gasteiger partial charge is 0.266 e. The van der Waals surface area contributed by atoms with Crippen LogP contribution in [0.1, 0.15) is 18.1 Å². The average molecular weight is 467 g/mol. The van der Waals surface area contributed by atoms with E-state index in [1.54, 1.807) is 42.5 Å². The molecule has 0 unspecified atom stereocenters. The number of rotatable bonds is 8. The van der Waals surface area contributed by atoms with Crippen molar-refractivity contribution in [3.8, 4) is 17.6 Å². The third kappa shape index (κ3) is 5.84. The molecule has 6 heteroatoms. The van der Waals surface area contributed by atoms with Gasteiger partial charge in [-0.1, -0.05) is 42.5 Å². The number of hydrogen-bond donors (Lipinski definition) is 1. The van der Waals surface area contributed by atoms with Gasteiger partial charge in [0.1, 0.15) is 35.6 Å². The quantitative estimate of drug-likeness (QED) is 0.238. The van der Waals surface area contributed by atoms with Gasteiger partial charge in [-0.2, -0.15) is 5.26 Å². The molecule has 4 rings (SSSR count). The fourth-order valence-electron chi connectivity index (χ4n) is 3.58. The lowest BCUT2D eigenvalue weighted by Crippen LogP contribution is -2.13. The summed E-state index contributed by atoms with van der Waals surface area (Å²) in [4.78, 5) is 12.9. The minimum atomic E-state index is -0.533. The van der Waals surface area contributed by atoms with Crippen molar-refractivity contribution in [2.75, 3.05) is 11.9 Å². The summed E-state index contributed by atoms with van der Waals surface area (Å²) in [6, 6.07) is 26.4. The molecule has 4 aromatic carbocycles. The summed E-state index contributed by atoms with van der Waals surface area (Å²) in [5.41, 5.74) is 1.89. The molecule has 4 aromatic rings. The minimum absolute atomic E-state index is 0.0677. The molecular weight excluding hydrogens is 443 g/mol. The Kier molecular flexibility index (Phi) is 7.39. The number of halogens is 1. The Bertz CT molecular complexity index is 1410. The van der Waals surface area contributed by atoms with E-state index in [0.717, 1.165) is 16.3 Å². The molecule has 5 nitrogen and oxygen atoms in total. The number of carbonyl (C=O) groups excluding carboxylic acids is 1. The molecule has 0 spiro atoms. The van der Waals surface area contributed by atoms with Crippen molar-refractivity contribution >= 4 is 28.4 Å². The Morgan fingerprint density at radius 1 is 0.971 bits per heavy atom. The highest BCUT2D eigenvalue weighted by atomic mass is 19.1. The van der Waals surface area contributed by atoms with Gasteiger partial charge in [-0.15, -0.1) is 0 Å². The molecule has 0 radical (unpaired) electrons. The van der Waals surface area contributed by atoms with Gasteiger partial charge in [-0.05, 0) is 71.8 Å². The van der Waals surface area contributed by atoms with E-state index < -0.39 is 5.91 Å². The Morgan fingerprint density at radius 2 is 1.71 bits per heavy atom. The molecule has 0 atom stereocenters. The lowest BCUT2D eigenvalue weighted by atomic mass is 10.0. The zero-order valence-corrected chi connectivity index (χ0v) is 19.1. The number of carbonyl (C=O) groups is 1. The first-order valence-corrected chi connectivity index (χ1v) is 11.1. The number of nitrogens with one attached hydrogen (secondary N) is 1. The molecule has 35 heavy (non-hydrogen) atoms. The SMILES string of the molecule is CCOc1ccc(NC(=O)/C(C#N)=C/c2c(OCc3ccc(F)cc3)ccc3ccccc23)cc1. The van der Waals surface area contributed by atoms with Gasteiger partial charge in [0.2, 0.25) is 0 Å². The van der Waals surface area contributed by atoms with Crippen LogP contribution in [0.15, 0.2) is 90.5 Å². The Morgan fingerprint density at radius 3 is 2.43 bits per heavy atom. The second-order valence-corrected chi connectivity index (χ2v) is 7.69. The van der Waals surface area contributed by atoms with Crippen LogP contribution in [0.2, 0.25) is 0 Å². The number of anilines is 1. The van der Waals surface area contributed by atoms with Crippen LogP contribution in [0.3, 0.4) is 0 Å². The lowest BCUT2D eigenvalue weighted by molar-refractivity contribution is -0.112. The van der Waals surface area contributed by atoms with Crippen molar-refractivity contribution in [1.82, 2.24) is 0 Å². The molecule has 0 fully saturated rings. The first kappa shape index (κ1) is 23.5. The van der Waals surface area contributed by atoms with Crippen LogP contribution < -0.4 is 14.8 Å². The van der Waals surface area contributed by atoms with E-state index in [1.165, 1.54) is 18.2 Å². The van der Waals surface area contributed by atoms with Crippen LogP contribution in [-0.4, -0.2) is 12.5 Å². The van der Waals surface area contributed by atoms with Gasteiger partial charge in [-0.3, -0.25) is 4.79 Å². The Hall–Kier alpha value is -4.63. The number of benzene rings is 4. The third-order valence-corrected chi connectivity index (χ3v) is 5.32. The van der Waals surface area contributed by atoms with Gasteiger partial charge in [0, 0.05) is 11.3 Å². The zero-order chi connectivity index (χ0) is 24.6. The summed E-state index contributed by atoms with van der Waals surface area (Å²) in [5, 5.41) is 14.3. The molecule has 0 aromatic heterocycles. The van der Waals surface area contributed by atoms with Crippen molar-refractivity contribution in [3.05, 3.63) is 107 Å². The molecule has 1 amide bonds. The monoisotopic (exact) mass is 466 g/mol. The van der Waals surface area contributed by atoms with E-state index in [1.807, 2.05) is 43.3 Å². The van der Waals surface area contributed by atoms with E-state index in [0.29, 0.717) is 29.4 Å². The maximum atomic E-state index is 13.2. The second-order valence-electron chi connectivity index (χ2n) is 7.69. The molecular formula is C29H23FN2O3. The highest BCUT2D eigenvalue weighted by Crippen LogP contribution is 2.31. The highest BCUT2D eigenvalue weighted by Gasteiger charge is 2.14. The van der Waals surface area contributed by atoms with Crippen molar-refractivity contribution in [2.45, 2.75) is 13.5 Å². The lowest BCUT2D eigenvalue weighted by Gasteiger charge is -2.13. The fourth-order valence-corrected chi connectivity index (χ4v) is 3.58. The molecule has 0 aliphatic rings. The van der Waals surface area contributed by atoms with Crippen molar-refractivity contribution in [2.24, 2.45) is 0 Å². The van der Waals surface area contributed by atoms with Gasteiger partial charge >= 0.3 is 0 Å². The van der Waals surface area contributed by atoms with Gasteiger partial charge in [-0.25, -0.2) is 4.39 Å². The number of hydrogen-bond acceptors (Lipinski definition) is 4. The standard InChI is InChI=1S/C29H23FN2O3/c1-2-34-25-14-12-24(13-15-25)32-29(33)22(18-31)17-27-26-6-4-3-5-21(26)9-16-28(27)35-19-20-7-10-23(30)11-8-20/h3-17H,2,19H2,1H3,(H,32,33)/b22-17+. The molecule has 174 valence electrons. The maximum Gasteiger partial charge on any atom is 0.266 e. The molecule has 1 N–H and O–H groups in total. The fraction of sp³-hybridized carbons (Fsp3) is 0.103. The number of nitrogens with zero attached hydrogens (tertiary/aromatic N) is 1. The largest absolute Gasteiger partial charge is 0.494 e. The van der Waals surface area contributed by atoms with Crippen molar-refractivity contribution < 1.29 is 18.7 Å². The minimum Gasteiger partial charge on any atom is -0.494 e. The van der Waals surface area contributed by atoms with Crippen LogP contribution in [0.4, 0.5) is 10.1 Å². The van der Waals surface area contributed by atoms with E-state index in [9.17, 15) is 14.4 Å². The average Bonchev–Trinajstić information content (AvgIpc) is 2.88. The number of fused-ring (bicyclic) bond motifs is 1.